The molecule has 1 saturated heterocycles. The number of likely N-dealkylation sites (tertiary alicyclic amines) is 1. The van der Waals surface area contributed by atoms with Crippen molar-refractivity contribution in [3.63, 3.8) is 0 Å². The summed E-state index contributed by atoms with van der Waals surface area (Å²) < 4.78 is 16.0. The fourth-order valence-electron chi connectivity index (χ4n) is 3.47. The molecule has 2 heterocycles. The number of halogens is 1. The van der Waals surface area contributed by atoms with Crippen molar-refractivity contribution in [3.05, 3.63) is 47.6 Å². The molecular formula is C22H28IN3O6. The van der Waals surface area contributed by atoms with E-state index in [1.165, 1.54) is 4.90 Å². The molecule has 3 rings (SSSR count). The highest BCUT2D eigenvalue weighted by atomic mass is 127. The number of carbonyl (C=O) groups is 2. The van der Waals surface area contributed by atoms with E-state index in [9.17, 15) is 9.59 Å². The van der Waals surface area contributed by atoms with Crippen molar-refractivity contribution in [3.8, 4) is 0 Å². The van der Waals surface area contributed by atoms with Crippen LogP contribution in [-0.4, -0.2) is 54.5 Å². The number of aliphatic hydroxyl groups excluding tert-OH is 1. The zero-order valence-electron chi connectivity index (χ0n) is 18.4. The van der Waals surface area contributed by atoms with Gasteiger partial charge in [0.15, 0.2) is 5.82 Å². The molecule has 0 radical (unpaired) electrons. The molecule has 0 bridgehead atoms. The molecule has 1 aliphatic heterocycles. The zero-order valence-corrected chi connectivity index (χ0v) is 20.5. The summed E-state index contributed by atoms with van der Waals surface area (Å²) in [4.78, 5) is 31.7. The van der Waals surface area contributed by atoms with E-state index in [0.717, 1.165) is 5.56 Å². The minimum absolute atomic E-state index is 0.0704. The number of benzene rings is 1. The predicted octanol–water partition coefficient (Wildman–Crippen LogP) is 3.28. The summed E-state index contributed by atoms with van der Waals surface area (Å²) in [5.74, 6) is 0.242. The molecule has 3 atom stereocenters. The van der Waals surface area contributed by atoms with Crippen LogP contribution in [0.1, 0.15) is 44.5 Å². The third-order valence-electron chi connectivity index (χ3n) is 4.90. The number of alkyl halides is 1. The molecule has 0 saturated carbocycles. The van der Waals surface area contributed by atoms with Crippen LogP contribution in [-0.2, 0) is 33.7 Å². The van der Waals surface area contributed by atoms with E-state index in [1.54, 1.807) is 20.8 Å². The van der Waals surface area contributed by atoms with E-state index >= 15 is 0 Å². The number of aromatic nitrogens is 2. The summed E-state index contributed by atoms with van der Waals surface area (Å²) in [5.41, 5.74) is 0.169. The Balaban J connectivity index is 1.74. The first-order chi connectivity index (χ1) is 15.2. The highest BCUT2D eigenvalue weighted by Gasteiger charge is 2.48. The van der Waals surface area contributed by atoms with Crippen molar-refractivity contribution in [1.29, 1.82) is 0 Å². The smallest absolute Gasteiger partial charge is 0.411 e. The number of hydrogen-bond donors (Lipinski definition) is 1. The van der Waals surface area contributed by atoms with Crippen LogP contribution in [0.5, 0.6) is 0 Å². The van der Waals surface area contributed by atoms with Gasteiger partial charge in [-0.15, -0.1) is 0 Å². The molecule has 0 aliphatic carbocycles. The summed E-state index contributed by atoms with van der Waals surface area (Å²) in [6.45, 7) is 5.40. The number of aliphatic hydroxyl groups is 1. The Labute approximate surface area is 200 Å². The standard InChI is InChI=1S/C22H28IN3O6/c1-22(2,3)31-21(29)26-16(20(28)30-13-14-7-5-4-6-8-14)11-15(19(26)23)12-18-24-17(9-10-27)25-32-18/h4-8,15-16,19,27H,9-13H2,1-3H3/t15-,16+,19+/m1/s1. The zero-order chi connectivity index (χ0) is 23.3. The van der Waals surface area contributed by atoms with E-state index in [4.69, 9.17) is 19.1 Å². The molecule has 10 heteroatoms. The average molecular weight is 557 g/mol. The summed E-state index contributed by atoms with van der Waals surface area (Å²) in [7, 11) is 0. The molecule has 0 unspecified atom stereocenters. The number of carbonyl (C=O) groups excluding carboxylic acids is 2. The van der Waals surface area contributed by atoms with Crippen molar-refractivity contribution in [2.45, 2.75) is 62.3 Å². The summed E-state index contributed by atoms with van der Waals surface area (Å²) in [5, 5.41) is 12.9. The quantitative estimate of drug-likeness (QED) is 0.239. The molecule has 1 N–H and O–H groups in total. The highest BCUT2D eigenvalue weighted by Crippen LogP contribution is 2.38. The van der Waals surface area contributed by atoms with Crippen LogP contribution in [0.3, 0.4) is 0 Å². The van der Waals surface area contributed by atoms with E-state index in [1.807, 2.05) is 30.3 Å². The van der Waals surface area contributed by atoms with Crippen LogP contribution >= 0.6 is 22.6 Å². The second-order valence-corrected chi connectivity index (χ2v) is 9.92. The van der Waals surface area contributed by atoms with Crippen LogP contribution in [0.15, 0.2) is 34.9 Å². The minimum atomic E-state index is -0.778. The first-order valence-electron chi connectivity index (χ1n) is 10.5. The molecule has 32 heavy (non-hydrogen) atoms. The van der Waals surface area contributed by atoms with Crippen LogP contribution in [0.25, 0.3) is 0 Å². The van der Waals surface area contributed by atoms with Crippen molar-refractivity contribution in [2.24, 2.45) is 5.92 Å². The SMILES string of the molecule is CC(C)(C)OC(=O)N1[C@H](I)[C@@H](Cc2nc(CCO)no2)C[C@H]1C(=O)OCc1ccccc1. The molecule has 1 aromatic carbocycles. The Kier molecular flexibility index (Phi) is 8.10. The lowest BCUT2D eigenvalue weighted by atomic mass is 10.0. The fraction of sp³-hybridized carbons (Fsp3) is 0.545. The largest absolute Gasteiger partial charge is 0.459 e. The second-order valence-electron chi connectivity index (χ2n) is 8.65. The topological polar surface area (TPSA) is 115 Å². The van der Waals surface area contributed by atoms with Gasteiger partial charge in [-0.2, -0.15) is 4.98 Å². The lowest BCUT2D eigenvalue weighted by Gasteiger charge is -2.30. The fourth-order valence-corrected chi connectivity index (χ4v) is 4.63. The first kappa shape index (κ1) is 24.4. The van der Waals surface area contributed by atoms with Gasteiger partial charge in [-0.3, -0.25) is 4.90 Å². The van der Waals surface area contributed by atoms with Gasteiger partial charge in [0.1, 0.15) is 18.2 Å². The van der Waals surface area contributed by atoms with E-state index < -0.39 is 23.7 Å². The number of nitrogens with zero attached hydrogens (tertiary/aromatic N) is 3. The predicted molar refractivity (Wildman–Crippen MR) is 123 cm³/mol. The number of hydrogen-bond acceptors (Lipinski definition) is 8. The number of ether oxygens (including phenoxy) is 2. The highest BCUT2D eigenvalue weighted by molar-refractivity contribution is 14.1. The lowest BCUT2D eigenvalue weighted by Crippen LogP contribution is -2.46. The maximum atomic E-state index is 13.0. The molecule has 0 spiro atoms. The summed E-state index contributed by atoms with van der Waals surface area (Å²) >= 11 is 2.15. The monoisotopic (exact) mass is 557 g/mol. The van der Waals surface area contributed by atoms with Crippen molar-refractivity contribution in [1.82, 2.24) is 15.0 Å². The molecule has 1 fully saturated rings. The molecule has 1 aromatic heterocycles. The van der Waals surface area contributed by atoms with Gasteiger partial charge in [-0.1, -0.05) is 58.1 Å². The molecule has 174 valence electrons. The van der Waals surface area contributed by atoms with E-state index in [2.05, 4.69) is 32.7 Å². The van der Waals surface area contributed by atoms with Gasteiger partial charge in [0.2, 0.25) is 5.89 Å². The van der Waals surface area contributed by atoms with Gasteiger partial charge in [0.25, 0.3) is 0 Å². The Morgan fingerprint density at radius 3 is 2.66 bits per heavy atom. The van der Waals surface area contributed by atoms with Crippen LogP contribution in [0.2, 0.25) is 0 Å². The Bertz CT molecular complexity index is 914. The van der Waals surface area contributed by atoms with Gasteiger partial charge in [-0.25, -0.2) is 9.59 Å². The molecule has 1 amide bonds. The van der Waals surface area contributed by atoms with E-state index in [-0.39, 0.29) is 23.2 Å². The van der Waals surface area contributed by atoms with Crippen LogP contribution in [0.4, 0.5) is 4.79 Å². The summed E-state index contributed by atoms with van der Waals surface area (Å²) in [6, 6.07) is 8.60. The van der Waals surface area contributed by atoms with Crippen molar-refractivity contribution >= 4 is 34.7 Å². The van der Waals surface area contributed by atoms with Gasteiger partial charge in [0, 0.05) is 18.8 Å². The normalized spacial score (nSPS) is 20.9. The lowest BCUT2D eigenvalue weighted by molar-refractivity contribution is -0.150. The maximum Gasteiger partial charge on any atom is 0.411 e. The van der Waals surface area contributed by atoms with Gasteiger partial charge < -0.3 is 19.1 Å². The van der Waals surface area contributed by atoms with Gasteiger partial charge in [-0.05, 0) is 32.8 Å². The summed E-state index contributed by atoms with van der Waals surface area (Å²) in [6.07, 6.45) is 0.527. The maximum absolute atomic E-state index is 13.0. The molecule has 9 nitrogen and oxygen atoms in total. The first-order valence-corrected chi connectivity index (χ1v) is 11.7. The number of rotatable bonds is 7. The van der Waals surface area contributed by atoms with Crippen LogP contribution < -0.4 is 0 Å². The third kappa shape index (κ3) is 6.41. The molecule has 1 aliphatic rings. The number of amides is 1. The molecular weight excluding hydrogens is 529 g/mol. The Morgan fingerprint density at radius 2 is 2.00 bits per heavy atom. The average Bonchev–Trinajstić information content (AvgIpc) is 3.30. The Hall–Kier alpha value is -2.21. The molecule has 2 aromatic rings. The van der Waals surface area contributed by atoms with Gasteiger partial charge >= 0.3 is 12.1 Å². The van der Waals surface area contributed by atoms with Crippen molar-refractivity contribution in [2.75, 3.05) is 6.61 Å². The minimum Gasteiger partial charge on any atom is -0.459 e. The van der Waals surface area contributed by atoms with Gasteiger partial charge in [0.05, 0.1) is 10.7 Å². The van der Waals surface area contributed by atoms with E-state index in [0.29, 0.717) is 31.0 Å². The third-order valence-corrected chi connectivity index (χ3v) is 6.52. The van der Waals surface area contributed by atoms with Crippen molar-refractivity contribution < 1.29 is 28.7 Å². The Morgan fingerprint density at radius 1 is 1.28 bits per heavy atom. The second kappa shape index (κ2) is 10.6. The van der Waals surface area contributed by atoms with Crippen LogP contribution in [0, 0.1) is 5.92 Å². The number of esters is 1.